The zero-order chi connectivity index (χ0) is 17.6. The Balaban J connectivity index is 1.85. The Bertz CT molecular complexity index is 619. The molecule has 0 aliphatic carbocycles. The summed E-state index contributed by atoms with van der Waals surface area (Å²) < 4.78 is 5.87. The molecule has 130 valence electrons. The van der Waals surface area contributed by atoms with Gasteiger partial charge >= 0.3 is 0 Å². The standard InChI is InChI=1S/C21H29NO2/c1-16(17-10-6-5-7-11-17)22-14-18(23)15-24-20-13-9-8-12-19(20)21(2,3)4/h5-13,16,18,22-23H,14-15H2,1-4H3/t16-,18-/m1/s1. The topological polar surface area (TPSA) is 41.5 Å². The van der Waals surface area contributed by atoms with Crippen LogP contribution in [0.3, 0.4) is 0 Å². The smallest absolute Gasteiger partial charge is 0.123 e. The molecule has 0 saturated heterocycles. The van der Waals surface area contributed by atoms with Gasteiger partial charge in [0.1, 0.15) is 18.5 Å². The Morgan fingerprint density at radius 2 is 1.62 bits per heavy atom. The molecular formula is C21H29NO2. The molecule has 24 heavy (non-hydrogen) atoms. The van der Waals surface area contributed by atoms with E-state index in [1.54, 1.807) is 0 Å². The maximum atomic E-state index is 10.2. The summed E-state index contributed by atoms with van der Waals surface area (Å²) in [7, 11) is 0. The highest BCUT2D eigenvalue weighted by Crippen LogP contribution is 2.30. The maximum Gasteiger partial charge on any atom is 0.123 e. The molecule has 0 aliphatic rings. The molecule has 3 nitrogen and oxygen atoms in total. The molecule has 0 heterocycles. The van der Waals surface area contributed by atoms with Crippen LogP contribution in [-0.4, -0.2) is 24.4 Å². The van der Waals surface area contributed by atoms with Gasteiger partial charge in [-0.25, -0.2) is 0 Å². The number of aliphatic hydroxyl groups is 1. The van der Waals surface area contributed by atoms with Gasteiger partial charge in [0.25, 0.3) is 0 Å². The first-order valence-corrected chi connectivity index (χ1v) is 8.56. The third-order valence-electron chi connectivity index (χ3n) is 4.09. The SMILES string of the molecule is C[C@@H](NC[C@@H](O)COc1ccccc1C(C)(C)C)c1ccccc1. The van der Waals surface area contributed by atoms with E-state index in [1.165, 1.54) is 5.56 Å². The fourth-order valence-electron chi connectivity index (χ4n) is 2.63. The lowest BCUT2D eigenvalue weighted by molar-refractivity contribution is 0.103. The summed E-state index contributed by atoms with van der Waals surface area (Å²) in [6.07, 6.45) is -0.552. The van der Waals surface area contributed by atoms with Crippen LogP contribution in [0.5, 0.6) is 5.75 Å². The highest BCUT2D eigenvalue weighted by atomic mass is 16.5. The van der Waals surface area contributed by atoms with Crippen molar-refractivity contribution in [1.82, 2.24) is 5.32 Å². The van der Waals surface area contributed by atoms with Crippen molar-refractivity contribution in [3.05, 3.63) is 65.7 Å². The Labute approximate surface area is 145 Å². The second-order valence-corrected chi connectivity index (χ2v) is 7.25. The fourth-order valence-corrected chi connectivity index (χ4v) is 2.63. The molecule has 0 unspecified atom stereocenters. The molecule has 0 saturated carbocycles. The minimum Gasteiger partial charge on any atom is -0.491 e. The molecule has 0 aliphatic heterocycles. The summed E-state index contributed by atoms with van der Waals surface area (Å²) in [6.45, 7) is 9.35. The number of aliphatic hydroxyl groups excluding tert-OH is 1. The van der Waals surface area contributed by atoms with Gasteiger partial charge in [-0.1, -0.05) is 69.3 Å². The first kappa shape index (κ1) is 18.5. The average Bonchev–Trinajstić information content (AvgIpc) is 2.58. The zero-order valence-electron chi connectivity index (χ0n) is 15.1. The first-order chi connectivity index (χ1) is 11.4. The summed E-state index contributed by atoms with van der Waals surface area (Å²) >= 11 is 0. The minimum absolute atomic E-state index is 0.0155. The molecule has 3 heteroatoms. The van der Waals surface area contributed by atoms with Crippen molar-refractivity contribution in [3.8, 4) is 5.75 Å². The molecular weight excluding hydrogens is 298 g/mol. The van der Waals surface area contributed by atoms with Gasteiger partial charge in [-0.2, -0.15) is 0 Å². The van der Waals surface area contributed by atoms with Gasteiger partial charge < -0.3 is 15.2 Å². The molecule has 0 aromatic heterocycles. The highest BCUT2D eigenvalue weighted by Gasteiger charge is 2.19. The van der Waals surface area contributed by atoms with Crippen LogP contribution in [0.15, 0.2) is 54.6 Å². The van der Waals surface area contributed by atoms with E-state index < -0.39 is 6.10 Å². The molecule has 2 aromatic rings. The van der Waals surface area contributed by atoms with E-state index in [0.29, 0.717) is 6.54 Å². The van der Waals surface area contributed by atoms with E-state index >= 15 is 0 Å². The quantitative estimate of drug-likeness (QED) is 0.805. The van der Waals surface area contributed by atoms with E-state index in [4.69, 9.17) is 4.74 Å². The summed E-state index contributed by atoms with van der Waals surface area (Å²) in [6, 6.07) is 18.5. The van der Waals surface area contributed by atoms with Gasteiger partial charge in [-0.3, -0.25) is 0 Å². The van der Waals surface area contributed by atoms with E-state index in [2.05, 4.69) is 51.2 Å². The van der Waals surface area contributed by atoms with Crippen LogP contribution in [0.25, 0.3) is 0 Å². The molecule has 0 amide bonds. The molecule has 0 bridgehead atoms. The number of benzene rings is 2. The third-order valence-corrected chi connectivity index (χ3v) is 4.09. The minimum atomic E-state index is -0.552. The van der Waals surface area contributed by atoms with Crippen molar-refractivity contribution >= 4 is 0 Å². The highest BCUT2D eigenvalue weighted by molar-refractivity contribution is 5.38. The molecule has 0 spiro atoms. The molecule has 2 rings (SSSR count). The van der Waals surface area contributed by atoms with Crippen LogP contribution in [-0.2, 0) is 5.41 Å². The van der Waals surface area contributed by atoms with E-state index in [0.717, 1.165) is 11.3 Å². The van der Waals surface area contributed by atoms with Crippen molar-refractivity contribution in [3.63, 3.8) is 0 Å². The van der Waals surface area contributed by atoms with Gasteiger partial charge in [0, 0.05) is 12.6 Å². The van der Waals surface area contributed by atoms with Gasteiger partial charge in [-0.05, 0) is 29.5 Å². The number of para-hydroxylation sites is 1. The van der Waals surface area contributed by atoms with Gasteiger partial charge in [0.05, 0.1) is 0 Å². The maximum absolute atomic E-state index is 10.2. The van der Waals surface area contributed by atoms with Crippen LogP contribution in [0.1, 0.15) is 44.9 Å². The normalized spacial score (nSPS) is 14.2. The summed E-state index contributed by atoms with van der Waals surface area (Å²) in [4.78, 5) is 0. The monoisotopic (exact) mass is 327 g/mol. The molecule has 2 atom stereocenters. The van der Waals surface area contributed by atoms with Crippen LogP contribution in [0, 0.1) is 0 Å². The van der Waals surface area contributed by atoms with Crippen LogP contribution in [0.2, 0.25) is 0 Å². The van der Waals surface area contributed by atoms with Crippen molar-refractivity contribution in [2.24, 2.45) is 0 Å². The average molecular weight is 327 g/mol. The lowest BCUT2D eigenvalue weighted by Gasteiger charge is -2.24. The van der Waals surface area contributed by atoms with Crippen molar-refractivity contribution < 1.29 is 9.84 Å². The lowest BCUT2D eigenvalue weighted by Crippen LogP contribution is -2.33. The number of ether oxygens (including phenoxy) is 1. The van der Waals surface area contributed by atoms with Crippen LogP contribution < -0.4 is 10.1 Å². The number of rotatable bonds is 7. The Kier molecular flexibility index (Phi) is 6.41. The third kappa shape index (κ3) is 5.36. The second kappa shape index (κ2) is 8.32. The number of nitrogens with one attached hydrogen (secondary N) is 1. The summed E-state index contributed by atoms with van der Waals surface area (Å²) in [5, 5.41) is 13.6. The number of hydrogen-bond acceptors (Lipinski definition) is 3. The lowest BCUT2D eigenvalue weighted by atomic mass is 9.86. The second-order valence-electron chi connectivity index (χ2n) is 7.25. The van der Waals surface area contributed by atoms with Gasteiger partial charge in [0.15, 0.2) is 0 Å². The largest absolute Gasteiger partial charge is 0.491 e. The number of hydrogen-bond donors (Lipinski definition) is 2. The molecule has 0 radical (unpaired) electrons. The van der Waals surface area contributed by atoms with Gasteiger partial charge in [0.2, 0.25) is 0 Å². The van der Waals surface area contributed by atoms with E-state index in [1.807, 2.05) is 36.4 Å². The summed E-state index contributed by atoms with van der Waals surface area (Å²) in [5.41, 5.74) is 2.38. The zero-order valence-corrected chi connectivity index (χ0v) is 15.1. The van der Waals surface area contributed by atoms with E-state index in [9.17, 15) is 5.11 Å². The van der Waals surface area contributed by atoms with E-state index in [-0.39, 0.29) is 18.1 Å². The Morgan fingerprint density at radius 3 is 2.29 bits per heavy atom. The molecule has 2 N–H and O–H groups in total. The van der Waals surface area contributed by atoms with Gasteiger partial charge in [-0.15, -0.1) is 0 Å². The Morgan fingerprint density at radius 1 is 1.00 bits per heavy atom. The van der Waals surface area contributed by atoms with Crippen molar-refractivity contribution in [2.75, 3.05) is 13.2 Å². The van der Waals surface area contributed by atoms with Crippen LogP contribution in [0.4, 0.5) is 0 Å². The molecule has 0 fully saturated rings. The van der Waals surface area contributed by atoms with Crippen molar-refractivity contribution in [1.29, 1.82) is 0 Å². The Hall–Kier alpha value is -1.84. The van der Waals surface area contributed by atoms with Crippen molar-refractivity contribution in [2.45, 2.75) is 45.3 Å². The molecule has 2 aromatic carbocycles. The fraction of sp³-hybridized carbons (Fsp3) is 0.429. The first-order valence-electron chi connectivity index (χ1n) is 8.56. The summed E-state index contributed by atoms with van der Waals surface area (Å²) in [5.74, 6) is 0.847. The predicted octanol–water partition coefficient (Wildman–Crippen LogP) is 4.07. The van der Waals surface area contributed by atoms with Crippen LogP contribution >= 0.6 is 0 Å². The predicted molar refractivity (Wildman–Crippen MR) is 99.5 cm³/mol.